The van der Waals surface area contributed by atoms with Gasteiger partial charge in [-0.15, -0.1) is 0 Å². The monoisotopic (exact) mass is 704 g/mol. The highest BCUT2D eigenvalue weighted by Gasteiger charge is 2.54. The molecular weight excluding hydrogens is 656 g/mol. The number of benzene rings is 2. The molecule has 0 aromatic heterocycles. The third kappa shape index (κ3) is 6.86. The number of hydrogen-bond acceptors (Lipinski definition) is 6. The molecule has 2 aromatic carbocycles. The van der Waals surface area contributed by atoms with Crippen molar-refractivity contribution in [1.29, 1.82) is 0 Å². The molecule has 9 heteroatoms. The standard InChI is InChI=1S/C40H49ClN2O5S/c1-25-4-3-5-37(47-2)32-13-9-28(32)20-43-23-40(19-29-16-33(29)34-18-30(41)11-14-35(34)40)24-48-38-15-10-27(17-36(38)43)39(45)42-49(46,21-25)22-31(44)12-8-26-6-7-26/h3,5,10-11,14-15,17-18,25-26,28-29,32-33,37H,4,6-9,12-13,16,19-24H2,1-2H3/b5-3+/t25-,28-,29-,32+,33-,37-,40-,49+/m0/s1. The minimum absolute atomic E-state index is 0.00811. The van der Waals surface area contributed by atoms with Gasteiger partial charge in [-0.2, -0.15) is 4.36 Å². The van der Waals surface area contributed by atoms with Crippen LogP contribution >= 0.6 is 11.6 Å². The van der Waals surface area contributed by atoms with Gasteiger partial charge in [-0.25, -0.2) is 4.21 Å². The van der Waals surface area contributed by atoms with Crippen molar-refractivity contribution in [3.05, 3.63) is 70.3 Å². The Morgan fingerprint density at radius 2 is 2.00 bits per heavy atom. The van der Waals surface area contributed by atoms with Gasteiger partial charge in [-0.1, -0.05) is 49.6 Å². The Bertz CT molecular complexity index is 1800. The maximum atomic E-state index is 14.5. The van der Waals surface area contributed by atoms with E-state index >= 15 is 0 Å². The summed E-state index contributed by atoms with van der Waals surface area (Å²) in [5.41, 5.74) is 3.76. The van der Waals surface area contributed by atoms with Crippen molar-refractivity contribution in [3.63, 3.8) is 0 Å². The van der Waals surface area contributed by atoms with Gasteiger partial charge in [-0.3, -0.25) is 9.59 Å². The van der Waals surface area contributed by atoms with Crippen LogP contribution < -0.4 is 9.64 Å². The van der Waals surface area contributed by atoms with Gasteiger partial charge in [-0.05, 0) is 115 Å². The fraction of sp³-hybridized carbons (Fsp3) is 0.600. The number of carbonyl (C=O) groups is 2. The van der Waals surface area contributed by atoms with Crippen LogP contribution in [0, 0.1) is 29.6 Å². The molecule has 49 heavy (non-hydrogen) atoms. The van der Waals surface area contributed by atoms with E-state index in [-0.39, 0.29) is 34.7 Å². The van der Waals surface area contributed by atoms with E-state index in [9.17, 15) is 13.8 Å². The lowest BCUT2D eigenvalue weighted by molar-refractivity contribution is -0.116. The molecule has 0 N–H and O–H groups in total. The van der Waals surface area contributed by atoms with Crippen molar-refractivity contribution in [2.45, 2.75) is 82.1 Å². The number of methoxy groups -OCH3 is 1. The highest BCUT2D eigenvalue weighted by Crippen LogP contribution is 2.61. The number of anilines is 1. The zero-order valence-electron chi connectivity index (χ0n) is 28.8. The van der Waals surface area contributed by atoms with Crippen molar-refractivity contribution in [1.82, 2.24) is 0 Å². The summed E-state index contributed by atoms with van der Waals surface area (Å²) in [5.74, 6) is 2.83. The van der Waals surface area contributed by atoms with Crippen LogP contribution in [-0.2, 0) is 24.7 Å². The molecule has 7 nitrogen and oxygen atoms in total. The molecule has 0 saturated heterocycles. The first-order valence-corrected chi connectivity index (χ1v) is 20.6. The Labute approximate surface area is 296 Å². The lowest BCUT2D eigenvalue weighted by Crippen LogP contribution is -2.49. The number of rotatable bonds is 6. The first kappa shape index (κ1) is 33.5. The predicted molar refractivity (Wildman–Crippen MR) is 194 cm³/mol. The maximum Gasteiger partial charge on any atom is 0.285 e. The molecular formula is C40H49ClN2O5S. The second-order valence-corrected chi connectivity index (χ2v) is 18.9. The highest BCUT2D eigenvalue weighted by molar-refractivity contribution is 7.94. The van der Waals surface area contributed by atoms with Gasteiger partial charge < -0.3 is 14.4 Å². The number of ketones is 1. The largest absolute Gasteiger partial charge is 0.490 e. The highest BCUT2D eigenvalue weighted by atomic mass is 35.5. The first-order chi connectivity index (χ1) is 23.6. The average Bonchev–Trinajstić information content (AvgIpc) is 3.98. The number of fused-ring (bicyclic) bond motifs is 6. The van der Waals surface area contributed by atoms with Crippen LogP contribution in [-0.4, -0.2) is 60.3 Å². The van der Waals surface area contributed by atoms with Crippen LogP contribution in [0.15, 0.2) is 52.9 Å². The number of ether oxygens (including phenoxy) is 2. The van der Waals surface area contributed by atoms with Crippen LogP contribution in [0.5, 0.6) is 5.75 Å². The molecule has 0 unspecified atom stereocenters. The smallest absolute Gasteiger partial charge is 0.285 e. The van der Waals surface area contributed by atoms with E-state index in [4.69, 9.17) is 21.1 Å². The molecule has 8 rings (SSSR count). The molecule has 8 atom stereocenters. The predicted octanol–water partition coefficient (Wildman–Crippen LogP) is 7.99. The Hall–Kier alpha value is -2.68. The third-order valence-corrected chi connectivity index (χ3v) is 14.9. The zero-order valence-corrected chi connectivity index (χ0v) is 30.4. The van der Waals surface area contributed by atoms with Crippen molar-refractivity contribution < 1.29 is 23.3 Å². The fourth-order valence-corrected chi connectivity index (χ4v) is 11.8. The number of nitrogens with zero attached hydrogens (tertiary/aromatic N) is 2. The molecule has 262 valence electrons. The van der Waals surface area contributed by atoms with Gasteiger partial charge in [0.15, 0.2) is 0 Å². The second kappa shape index (κ2) is 13.1. The Kier molecular flexibility index (Phi) is 8.97. The van der Waals surface area contributed by atoms with E-state index in [2.05, 4.69) is 33.5 Å². The molecule has 4 aliphatic carbocycles. The van der Waals surface area contributed by atoms with Crippen molar-refractivity contribution in [2.75, 3.05) is 43.2 Å². The van der Waals surface area contributed by atoms with E-state index in [0.717, 1.165) is 55.2 Å². The van der Waals surface area contributed by atoms with Crippen molar-refractivity contribution in [2.24, 2.45) is 34.0 Å². The summed E-state index contributed by atoms with van der Waals surface area (Å²) < 4.78 is 31.7. The second-order valence-electron chi connectivity index (χ2n) is 16.1. The van der Waals surface area contributed by atoms with Crippen LogP contribution in [0.2, 0.25) is 5.02 Å². The normalized spacial score (nSPS) is 35.8. The molecule has 1 spiro atoms. The quantitative estimate of drug-likeness (QED) is 0.284. The number of halogens is 1. The van der Waals surface area contributed by atoms with Gasteiger partial charge in [0.1, 0.15) is 11.5 Å². The van der Waals surface area contributed by atoms with Crippen LogP contribution in [0.25, 0.3) is 0 Å². The Morgan fingerprint density at radius 1 is 1.14 bits per heavy atom. The van der Waals surface area contributed by atoms with E-state index in [0.29, 0.717) is 54.6 Å². The number of hydrogen-bond donors (Lipinski definition) is 0. The topological polar surface area (TPSA) is 85.3 Å². The lowest BCUT2D eigenvalue weighted by Gasteiger charge is -2.46. The third-order valence-electron chi connectivity index (χ3n) is 12.3. The van der Waals surface area contributed by atoms with Crippen molar-refractivity contribution in [3.8, 4) is 5.75 Å². The van der Waals surface area contributed by atoms with Crippen molar-refractivity contribution >= 4 is 38.7 Å². The van der Waals surface area contributed by atoms with E-state index in [1.807, 2.05) is 25.1 Å². The zero-order chi connectivity index (χ0) is 33.9. The van der Waals surface area contributed by atoms with E-state index < -0.39 is 15.6 Å². The molecule has 2 heterocycles. The number of Topliss-reactive ketones (excluding diaryl/α,β-unsaturated/α-hetero) is 1. The summed E-state index contributed by atoms with van der Waals surface area (Å²) in [7, 11) is -1.32. The average molecular weight is 705 g/mol. The van der Waals surface area contributed by atoms with Crippen LogP contribution in [0.4, 0.5) is 5.69 Å². The molecule has 2 bridgehead atoms. The Morgan fingerprint density at radius 3 is 2.78 bits per heavy atom. The maximum absolute atomic E-state index is 14.5. The summed E-state index contributed by atoms with van der Waals surface area (Å²) >= 11 is 6.54. The summed E-state index contributed by atoms with van der Waals surface area (Å²) in [6.45, 7) is 4.18. The molecule has 2 aliphatic heterocycles. The van der Waals surface area contributed by atoms with Gasteiger partial charge >= 0.3 is 0 Å². The molecule has 1 amide bonds. The number of amides is 1. The van der Waals surface area contributed by atoms with Gasteiger partial charge in [0, 0.05) is 48.4 Å². The van der Waals surface area contributed by atoms with E-state index in [1.165, 1.54) is 30.4 Å². The molecule has 6 aliphatic rings. The fourth-order valence-electron chi connectivity index (χ4n) is 9.29. The van der Waals surface area contributed by atoms with Gasteiger partial charge in [0.25, 0.3) is 5.91 Å². The number of allylic oxidation sites excluding steroid dienone is 1. The first-order valence-electron chi connectivity index (χ1n) is 18.4. The molecule has 2 aromatic rings. The lowest BCUT2D eigenvalue weighted by atomic mass is 9.68. The SMILES string of the molecule is CO[C@H]1/C=C/C[C@H](C)C[S@@](=O)(CC(=O)CCC2CC2)=NC(=O)c2ccc3c(c2)N(C[C@@H]2CC[C@H]21)C[C@]1(CO3)C[C@@H]2C[C@@H]2c2cc(Cl)ccc21. The molecule has 3 saturated carbocycles. The molecule has 3 fully saturated rings. The van der Waals surface area contributed by atoms with Gasteiger partial charge in [0.2, 0.25) is 0 Å². The van der Waals surface area contributed by atoms with E-state index in [1.54, 1.807) is 13.2 Å². The summed E-state index contributed by atoms with van der Waals surface area (Å²) in [6.07, 6.45) is 13.0. The minimum Gasteiger partial charge on any atom is -0.490 e. The number of carbonyl (C=O) groups excluding carboxylic acids is 2. The molecule has 0 radical (unpaired) electrons. The van der Waals surface area contributed by atoms with Crippen LogP contribution in [0.3, 0.4) is 0 Å². The van der Waals surface area contributed by atoms with Gasteiger partial charge in [0.05, 0.1) is 33.9 Å². The summed E-state index contributed by atoms with van der Waals surface area (Å²) in [5, 5.41) is 0.780. The van der Waals surface area contributed by atoms with Crippen LogP contribution in [0.1, 0.15) is 92.1 Å². The Balaban J connectivity index is 1.18. The summed E-state index contributed by atoms with van der Waals surface area (Å²) in [4.78, 5) is 29.5. The summed E-state index contributed by atoms with van der Waals surface area (Å²) in [6, 6.07) is 11.9. The minimum atomic E-state index is -3.12.